The Morgan fingerprint density at radius 3 is 2.29 bits per heavy atom. The van der Waals surface area contributed by atoms with Crippen molar-refractivity contribution >= 4 is 35.1 Å². The van der Waals surface area contributed by atoms with E-state index in [0.29, 0.717) is 6.07 Å². The van der Waals surface area contributed by atoms with Crippen molar-refractivity contribution in [2.75, 3.05) is 4.90 Å². The molecule has 1 aromatic rings. The summed E-state index contributed by atoms with van der Waals surface area (Å²) in [5.41, 5.74) is -0.651. The van der Waals surface area contributed by atoms with Gasteiger partial charge in [0.05, 0.1) is 5.02 Å². The summed E-state index contributed by atoms with van der Waals surface area (Å²) in [4.78, 5) is 33.6. The third-order valence-electron chi connectivity index (χ3n) is 2.03. The van der Waals surface area contributed by atoms with E-state index in [0.717, 1.165) is 6.07 Å². The van der Waals surface area contributed by atoms with Crippen molar-refractivity contribution in [1.29, 1.82) is 0 Å². The average Bonchev–Trinajstić information content (AvgIpc) is 2.43. The van der Waals surface area contributed by atoms with E-state index in [1.165, 1.54) is 0 Å². The van der Waals surface area contributed by atoms with Gasteiger partial charge in [0.2, 0.25) is 0 Å². The molecule has 1 aliphatic rings. The minimum atomic E-state index is -1.28. The third kappa shape index (κ3) is 1.74. The number of nitrogens with zero attached hydrogens (tertiary/aromatic N) is 1. The number of urea groups is 1. The highest BCUT2D eigenvalue weighted by atomic mass is 35.5. The summed E-state index contributed by atoms with van der Waals surface area (Å²) in [6.45, 7) is 0. The summed E-state index contributed by atoms with van der Waals surface area (Å²) in [5.74, 6) is -4.65. The van der Waals surface area contributed by atoms with Crippen molar-refractivity contribution in [1.82, 2.24) is 5.32 Å². The Morgan fingerprint density at radius 2 is 1.82 bits per heavy atom. The summed E-state index contributed by atoms with van der Waals surface area (Å²) >= 11 is 5.53. The summed E-state index contributed by atoms with van der Waals surface area (Å²) in [6.07, 6.45) is 0. The van der Waals surface area contributed by atoms with E-state index in [2.05, 4.69) is 0 Å². The van der Waals surface area contributed by atoms with Crippen LogP contribution < -0.4 is 10.2 Å². The maximum absolute atomic E-state index is 13.4. The van der Waals surface area contributed by atoms with E-state index < -0.39 is 40.2 Å². The maximum atomic E-state index is 13.4. The first kappa shape index (κ1) is 11.5. The molecule has 0 saturated carbocycles. The molecule has 0 aliphatic carbocycles. The van der Waals surface area contributed by atoms with Crippen LogP contribution in [-0.2, 0) is 9.59 Å². The Morgan fingerprint density at radius 1 is 1.18 bits per heavy atom. The Balaban J connectivity index is 2.59. The third-order valence-corrected chi connectivity index (χ3v) is 2.31. The summed E-state index contributed by atoms with van der Waals surface area (Å²) in [6, 6.07) is 0.0425. The van der Waals surface area contributed by atoms with Crippen LogP contribution in [0.1, 0.15) is 0 Å². The molecule has 1 heterocycles. The van der Waals surface area contributed by atoms with Crippen LogP contribution in [-0.4, -0.2) is 17.8 Å². The topological polar surface area (TPSA) is 66.5 Å². The Kier molecular flexibility index (Phi) is 2.55. The summed E-state index contributed by atoms with van der Waals surface area (Å²) in [5, 5.41) is 1.18. The molecule has 4 amide bonds. The molecule has 0 aromatic heterocycles. The lowest BCUT2D eigenvalue weighted by molar-refractivity contribution is -0.134. The van der Waals surface area contributed by atoms with Gasteiger partial charge in [-0.15, -0.1) is 0 Å². The zero-order chi connectivity index (χ0) is 12.7. The second-order valence-electron chi connectivity index (χ2n) is 3.12. The minimum absolute atomic E-state index is 0.222. The second kappa shape index (κ2) is 3.77. The first-order valence-electron chi connectivity index (χ1n) is 4.25. The molecular weight excluding hydrogens is 258 g/mol. The molecule has 0 atom stereocenters. The Labute approximate surface area is 97.9 Å². The van der Waals surface area contributed by atoms with Gasteiger partial charge in [-0.3, -0.25) is 14.9 Å². The van der Waals surface area contributed by atoms with Crippen molar-refractivity contribution in [3.8, 4) is 0 Å². The molecule has 2 rings (SSSR count). The number of carbonyl (C=O) groups excluding carboxylic acids is 3. The fourth-order valence-corrected chi connectivity index (χ4v) is 1.63. The Bertz CT molecular complexity index is 538. The molecule has 0 bridgehead atoms. The van der Waals surface area contributed by atoms with Gasteiger partial charge >= 0.3 is 17.8 Å². The number of carbonyl (C=O) groups is 3. The lowest BCUT2D eigenvalue weighted by Gasteiger charge is -2.13. The number of anilines is 1. The van der Waals surface area contributed by atoms with Crippen molar-refractivity contribution in [3.63, 3.8) is 0 Å². The van der Waals surface area contributed by atoms with Gasteiger partial charge in [-0.2, -0.15) is 0 Å². The van der Waals surface area contributed by atoms with Crippen LogP contribution in [0.4, 0.5) is 19.3 Å². The molecule has 5 nitrogen and oxygen atoms in total. The summed E-state index contributed by atoms with van der Waals surface area (Å²) < 4.78 is 26.2. The van der Waals surface area contributed by atoms with Crippen molar-refractivity contribution in [2.45, 2.75) is 0 Å². The fourth-order valence-electron chi connectivity index (χ4n) is 1.35. The smallest absolute Gasteiger partial charge is 0.269 e. The first-order valence-corrected chi connectivity index (χ1v) is 4.63. The van der Waals surface area contributed by atoms with Crippen LogP contribution in [0, 0.1) is 11.6 Å². The number of nitrogens with one attached hydrogen (secondary N) is 1. The molecule has 1 aliphatic heterocycles. The number of benzene rings is 1. The number of rotatable bonds is 1. The van der Waals surface area contributed by atoms with Gasteiger partial charge in [0, 0.05) is 6.07 Å². The van der Waals surface area contributed by atoms with Gasteiger partial charge < -0.3 is 0 Å². The van der Waals surface area contributed by atoms with Crippen LogP contribution in [0.3, 0.4) is 0 Å². The van der Waals surface area contributed by atoms with E-state index in [4.69, 9.17) is 11.6 Å². The molecule has 1 N–H and O–H groups in total. The predicted molar refractivity (Wildman–Crippen MR) is 52.4 cm³/mol. The van der Waals surface area contributed by atoms with E-state index >= 15 is 0 Å². The highest BCUT2D eigenvalue weighted by Gasteiger charge is 2.40. The average molecular weight is 261 g/mol. The molecule has 1 saturated heterocycles. The number of hydrogen-bond acceptors (Lipinski definition) is 3. The van der Waals surface area contributed by atoms with Gasteiger partial charge in [0.1, 0.15) is 11.5 Å². The number of amides is 4. The lowest BCUT2D eigenvalue weighted by atomic mass is 10.2. The molecule has 88 valence electrons. The highest BCUT2D eigenvalue weighted by molar-refractivity contribution is 6.54. The van der Waals surface area contributed by atoms with Crippen LogP contribution in [0.5, 0.6) is 0 Å². The minimum Gasteiger partial charge on any atom is -0.269 e. The van der Waals surface area contributed by atoms with Crippen molar-refractivity contribution in [2.24, 2.45) is 0 Å². The SMILES string of the molecule is O=C1NC(=O)N(c2c(F)cc(F)cc2Cl)C1=O. The predicted octanol–water partition coefficient (Wildman–Crippen LogP) is 1.20. The molecule has 1 aromatic carbocycles. The van der Waals surface area contributed by atoms with E-state index in [1.807, 2.05) is 0 Å². The highest BCUT2D eigenvalue weighted by Crippen LogP contribution is 2.31. The van der Waals surface area contributed by atoms with Gasteiger partial charge in [0.25, 0.3) is 0 Å². The van der Waals surface area contributed by atoms with Crippen LogP contribution >= 0.6 is 11.6 Å². The maximum Gasteiger partial charge on any atom is 0.336 e. The van der Waals surface area contributed by atoms with Gasteiger partial charge in [0.15, 0.2) is 5.82 Å². The zero-order valence-electron chi connectivity index (χ0n) is 7.96. The van der Waals surface area contributed by atoms with Gasteiger partial charge in [-0.05, 0) is 6.07 Å². The van der Waals surface area contributed by atoms with Crippen LogP contribution in [0.15, 0.2) is 12.1 Å². The number of hydrogen-bond donors (Lipinski definition) is 1. The quantitative estimate of drug-likeness (QED) is 0.609. The fraction of sp³-hybridized carbons (Fsp3) is 0. The number of halogens is 3. The molecule has 0 spiro atoms. The molecule has 1 fully saturated rings. The summed E-state index contributed by atoms with van der Waals surface area (Å²) in [7, 11) is 0. The monoisotopic (exact) mass is 260 g/mol. The zero-order valence-corrected chi connectivity index (χ0v) is 8.72. The van der Waals surface area contributed by atoms with Crippen molar-refractivity contribution < 1.29 is 23.2 Å². The largest absolute Gasteiger partial charge is 0.336 e. The van der Waals surface area contributed by atoms with Gasteiger partial charge in [-0.1, -0.05) is 11.6 Å². The van der Waals surface area contributed by atoms with Crippen LogP contribution in [0.2, 0.25) is 5.02 Å². The molecule has 0 radical (unpaired) electrons. The normalized spacial score (nSPS) is 15.5. The van der Waals surface area contributed by atoms with Crippen molar-refractivity contribution in [3.05, 3.63) is 28.8 Å². The first-order chi connectivity index (χ1) is 7.91. The van der Waals surface area contributed by atoms with E-state index in [9.17, 15) is 23.2 Å². The standard InChI is InChI=1S/C9H3ClF2N2O3/c10-4-1-3(11)2-5(12)6(4)14-8(16)7(15)13-9(14)17/h1-2H,(H,13,15,17). The number of imide groups is 2. The van der Waals surface area contributed by atoms with Crippen LogP contribution in [0.25, 0.3) is 0 Å². The molecule has 17 heavy (non-hydrogen) atoms. The molecular formula is C9H3ClF2N2O3. The van der Waals surface area contributed by atoms with Gasteiger partial charge in [-0.25, -0.2) is 18.5 Å². The Hall–Kier alpha value is -2.02. The lowest BCUT2D eigenvalue weighted by Crippen LogP contribution is -2.32. The molecule has 0 unspecified atom stereocenters. The second-order valence-corrected chi connectivity index (χ2v) is 3.53. The molecule has 8 heteroatoms. The van der Waals surface area contributed by atoms with E-state index in [-0.39, 0.29) is 4.90 Å². The van der Waals surface area contributed by atoms with E-state index in [1.54, 1.807) is 5.32 Å².